The molecule has 0 bridgehead atoms. The highest BCUT2D eigenvalue weighted by atomic mass is 28.3. The van der Waals surface area contributed by atoms with Gasteiger partial charge in [-0.25, -0.2) is 4.58 Å². The molecule has 0 spiro atoms. The van der Waals surface area contributed by atoms with Gasteiger partial charge in [-0.15, -0.1) is 0 Å². The van der Waals surface area contributed by atoms with E-state index in [-0.39, 0.29) is 12.1 Å². The van der Waals surface area contributed by atoms with E-state index in [0.29, 0.717) is 0 Å². The SMILES string of the molecule is Cc1c(C)c2c3c(c1C#N)c1ccccc1n3C1=C([Si](C)(C)C)OC3N=C[N+](C)=C2C13. The third kappa shape index (κ3) is 2.10. The zero-order chi connectivity index (χ0) is 21.8. The molecule has 0 radical (unpaired) electrons. The molecule has 3 aliphatic rings. The zero-order valence-corrected chi connectivity index (χ0v) is 19.7. The van der Waals surface area contributed by atoms with Crippen molar-refractivity contribution >= 4 is 47.6 Å². The molecule has 2 unspecified atom stereocenters. The van der Waals surface area contributed by atoms with Crippen LogP contribution in [-0.4, -0.2) is 42.5 Å². The number of benzene rings is 2. The van der Waals surface area contributed by atoms with E-state index in [0.717, 1.165) is 38.3 Å². The van der Waals surface area contributed by atoms with Crippen LogP contribution in [0, 0.1) is 31.1 Å². The van der Waals surface area contributed by atoms with Gasteiger partial charge in [0.1, 0.15) is 31.2 Å². The van der Waals surface area contributed by atoms with E-state index < -0.39 is 8.07 Å². The van der Waals surface area contributed by atoms with Gasteiger partial charge >= 0.3 is 0 Å². The molecule has 154 valence electrons. The summed E-state index contributed by atoms with van der Waals surface area (Å²) in [7, 11) is 0.287. The van der Waals surface area contributed by atoms with Crippen LogP contribution >= 0.6 is 0 Å². The van der Waals surface area contributed by atoms with E-state index in [1.807, 2.05) is 6.34 Å². The van der Waals surface area contributed by atoms with Crippen molar-refractivity contribution in [3.63, 3.8) is 0 Å². The Morgan fingerprint density at radius 2 is 1.90 bits per heavy atom. The van der Waals surface area contributed by atoms with E-state index in [9.17, 15) is 5.26 Å². The third-order valence-electron chi connectivity index (χ3n) is 7.08. The van der Waals surface area contributed by atoms with Crippen molar-refractivity contribution in [2.75, 3.05) is 7.05 Å². The summed E-state index contributed by atoms with van der Waals surface area (Å²) >= 11 is 0. The topological polar surface area (TPSA) is 53.3 Å². The third-order valence-corrected chi connectivity index (χ3v) is 8.81. The monoisotopic (exact) mass is 425 g/mol. The zero-order valence-electron chi connectivity index (χ0n) is 18.7. The highest BCUT2D eigenvalue weighted by molar-refractivity contribution is 6.83. The van der Waals surface area contributed by atoms with Crippen LogP contribution in [0.1, 0.15) is 22.3 Å². The molecule has 0 N–H and O–H groups in total. The Kier molecular flexibility index (Phi) is 3.44. The second-order valence-corrected chi connectivity index (χ2v) is 14.9. The van der Waals surface area contributed by atoms with Gasteiger partial charge in [0.2, 0.25) is 0 Å². The molecule has 2 atom stereocenters. The van der Waals surface area contributed by atoms with Crippen LogP contribution in [0.3, 0.4) is 0 Å². The molecule has 3 aliphatic heterocycles. The van der Waals surface area contributed by atoms with Crippen molar-refractivity contribution in [3.8, 4) is 6.07 Å². The smallest absolute Gasteiger partial charge is 0.293 e. The van der Waals surface area contributed by atoms with Gasteiger partial charge in [-0.2, -0.15) is 5.26 Å². The van der Waals surface area contributed by atoms with Crippen LogP contribution in [0.15, 0.2) is 34.6 Å². The number of aromatic nitrogens is 1. The minimum atomic E-state index is -1.79. The van der Waals surface area contributed by atoms with Crippen LogP contribution in [-0.2, 0) is 4.74 Å². The normalized spacial score (nSPS) is 21.7. The lowest BCUT2D eigenvalue weighted by atomic mass is 9.82. The average Bonchev–Trinajstić information content (AvgIpc) is 3.27. The molecular weight excluding hydrogens is 400 g/mol. The van der Waals surface area contributed by atoms with Crippen molar-refractivity contribution < 1.29 is 9.31 Å². The summed E-state index contributed by atoms with van der Waals surface area (Å²) in [5, 5.41) is 13.5. The second-order valence-electron chi connectivity index (χ2n) is 9.90. The fourth-order valence-corrected chi connectivity index (χ4v) is 7.17. The lowest BCUT2D eigenvalue weighted by Gasteiger charge is -2.29. The molecule has 3 aromatic rings. The number of aliphatic imine (C=N–C) groups is 1. The maximum atomic E-state index is 10.2. The number of fused-ring (bicyclic) bond motifs is 5. The molecule has 2 aromatic carbocycles. The van der Waals surface area contributed by atoms with Crippen LogP contribution in [0.25, 0.3) is 27.5 Å². The first-order valence-corrected chi connectivity index (χ1v) is 14.3. The van der Waals surface area contributed by atoms with Gasteiger partial charge in [-0.3, -0.25) is 0 Å². The van der Waals surface area contributed by atoms with Crippen LogP contribution in [0.5, 0.6) is 0 Å². The molecule has 0 saturated carbocycles. The Balaban J connectivity index is 1.97. The Hall–Kier alpha value is -3.17. The predicted molar refractivity (Wildman–Crippen MR) is 127 cm³/mol. The lowest BCUT2D eigenvalue weighted by molar-refractivity contribution is -0.366. The Morgan fingerprint density at radius 3 is 2.61 bits per heavy atom. The maximum absolute atomic E-state index is 10.2. The summed E-state index contributed by atoms with van der Waals surface area (Å²) < 4.78 is 11.2. The Labute approximate surface area is 182 Å². The van der Waals surface area contributed by atoms with Crippen LogP contribution in [0.4, 0.5) is 0 Å². The Bertz CT molecular complexity index is 1490. The number of nitriles is 1. The highest BCUT2D eigenvalue weighted by Crippen LogP contribution is 2.51. The fraction of sp³-hybridized carbons (Fsp3) is 0.320. The minimum absolute atomic E-state index is 0.0641. The second kappa shape index (κ2) is 5.74. The molecule has 6 heteroatoms. The van der Waals surface area contributed by atoms with Gasteiger partial charge in [0.15, 0.2) is 0 Å². The Morgan fingerprint density at radius 1 is 1.16 bits per heavy atom. The number of rotatable bonds is 1. The standard InChI is InChI=1S/C25H25N4OSi/c1-13-14(2)18-21-20-23(25(31(4,5)6)30-24(20)27-12-28(21)3)29-17-10-8-7-9-15(17)19(22(18)29)16(13)11-26/h7-10,12,20,24H,1-6H3/q+1. The summed E-state index contributed by atoms with van der Waals surface area (Å²) in [6, 6.07) is 11.0. The van der Waals surface area contributed by atoms with Gasteiger partial charge in [-0.05, 0) is 36.0 Å². The largest absolute Gasteiger partial charge is 0.455 e. The molecule has 0 fully saturated rings. The first-order chi connectivity index (χ1) is 14.8. The van der Waals surface area contributed by atoms with Gasteiger partial charge < -0.3 is 9.30 Å². The lowest BCUT2D eigenvalue weighted by Crippen LogP contribution is -2.40. The van der Waals surface area contributed by atoms with Crippen molar-refractivity contribution in [2.24, 2.45) is 10.9 Å². The molecule has 0 saturated heterocycles. The average molecular weight is 426 g/mol. The first kappa shape index (κ1) is 18.6. The summed E-state index contributed by atoms with van der Waals surface area (Å²) in [5.41, 5.74) is 9.01. The quantitative estimate of drug-likeness (QED) is 0.416. The number of hydrogen-bond donors (Lipinski definition) is 0. The maximum Gasteiger partial charge on any atom is 0.293 e. The van der Waals surface area contributed by atoms with E-state index >= 15 is 0 Å². The van der Waals surface area contributed by atoms with Crippen LogP contribution in [0.2, 0.25) is 19.6 Å². The number of nitrogens with zero attached hydrogens (tertiary/aromatic N) is 4. The van der Waals surface area contributed by atoms with Gasteiger partial charge in [-0.1, -0.05) is 37.8 Å². The number of ether oxygens (including phenoxy) is 1. The number of para-hydroxylation sites is 1. The predicted octanol–water partition coefficient (Wildman–Crippen LogP) is 4.79. The molecule has 6 rings (SSSR count). The van der Waals surface area contributed by atoms with Crippen molar-refractivity contribution in [1.29, 1.82) is 5.26 Å². The van der Waals surface area contributed by atoms with Crippen molar-refractivity contribution in [3.05, 3.63) is 51.9 Å². The molecule has 1 aromatic heterocycles. The molecule has 31 heavy (non-hydrogen) atoms. The molecule has 5 nitrogen and oxygen atoms in total. The van der Waals surface area contributed by atoms with Gasteiger partial charge in [0, 0.05) is 16.3 Å². The summed E-state index contributed by atoms with van der Waals surface area (Å²) in [6.45, 7) is 11.2. The fourth-order valence-electron chi connectivity index (χ4n) is 5.66. The van der Waals surface area contributed by atoms with E-state index in [1.54, 1.807) is 0 Å². The van der Waals surface area contributed by atoms with Gasteiger partial charge in [0.25, 0.3) is 12.6 Å². The van der Waals surface area contributed by atoms with Crippen molar-refractivity contribution in [2.45, 2.75) is 39.7 Å². The van der Waals surface area contributed by atoms with Gasteiger partial charge in [0.05, 0.1) is 29.3 Å². The van der Waals surface area contributed by atoms with E-state index in [2.05, 4.69) is 80.0 Å². The molecule has 0 aliphatic carbocycles. The summed E-state index contributed by atoms with van der Waals surface area (Å²) in [4.78, 5) is 4.78. The first-order valence-electron chi connectivity index (χ1n) is 10.8. The van der Waals surface area contributed by atoms with Crippen molar-refractivity contribution in [1.82, 2.24) is 4.57 Å². The summed E-state index contributed by atoms with van der Waals surface area (Å²) in [5.74, 6) is 0.0641. The molecule has 0 amide bonds. The van der Waals surface area contributed by atoms with E-state index in [1.165, 1.54) is 22.5 Å². The van der Waals surface area contributed by atoms with Crippen LogP contribution < -0.4 is 0 Å². The highest BCUT2D eigenvalue weighted by Gasteiger charge is 2.54. The minimum Gasteiger partial charge on any atom is -0.455 e. The summed E-state index contributed by atoms with van der Waals surface area (Å²) in [6.07, 6.45) is 1.68. The van der Waals surface area contributed by atoms with E-state index in [4.69, 9.17) is 9.73 Å². The molecule has 4 heterocycles. The molecular formula is C25H25N4OSi+. The number of hydrogen-bond acceptors (Lipinski definition) is 3.